The maximum Gasteiger partial charge on any atom is 0.119 e. The van der Waals surface area contributed by atoms with Crippen LogP contribution in [-0.4, -0.2) is 19.2 Å². The highest BCUT2D eigenvalue weighted by Crippen LogP contribution is 2.25. The van der Waals surface area contributed by atoms with Crippen LogP contribution < -0.4 is 10.1 Å². The van der Waals surface area contributed by atoms with Gasteiger partial charge in [0.15, 0.2) is 0 Å². The molecule has 3 heteroatoms. The third-order valence-electron chi connectivity index (χ3n) is 3.26. The van der Waals surface area contributed by atoms with Crippen molar-refractivity contribution in [3.63, 3.8) is 0 Å². The maximum absolute atomic E-state index is 5.30. The zero-order valence-corrected chi connectivity index (χ0v) is 14.3. The van der Waals surface area contributed by atoms with Gasteiger partial charge in [-0.25, -0.2) is 0 Å². The molecule has 19 heavy (non-hydrogen) atoms. The SMILES string of the molecule is CCC(CNC(C)(C)C)Cc1cc(OC)ccc1Br. The van der Waals surface area contributed by atoms with Gasteiger partial charge in [0.05, 0.1) is 7.11 Å². The Morgan fingerprint density at radius 2 is 2.00 bits per heavy atom. The molecular weight excluding hydrogens is 302 g/mol. The molecule has 108 valence electrons. The van der Waals surface area contributed by atoms with Gasteiger partial charge in [-0.15, -0.1) is 0 Å². The Hall–Kier alpha value is -0.540. The smallest absolute Gasteiger partial charge is 0.119 e. The first-order valence-corrected chi connectivity index (χ1v) is 7.72. The minimum Gasteiger partial charge on any atom is -0.497 e. The van der Waals surface area contributed by atoms with E-state index in [0.717, 1.165) is 18.7 Å². The highest BCUT2D eigenvalue weighted by molar-refractivity contribution is 9.10. The summed E-state index contributed by atoms with van der Waals surface area (Å²) in [5.41, 5.74) is 1.50. The van der Waals surface area contributed by atoms with Crippen LogP contribution in [0.1, 0.15) is 39.7 Å². The Balaban J connectivity index is 2.69. The van der Waals surface area contributed by atoms with E-state index in [0.29, 0.717) is 5.92 Å². The van der Waals surface area contributed by atoms with Crippen LogP contribution in [0.25, 0.3) is 0 Å². The molecule has 0 heterocycles. The van der Waals surface area contributed by atoms with Crippen molar-refractivity contribution < 1.29 is 4.74 Å². The normalized spacial score (nSPS) is 13.4. The van der Waals surface area contributed by atoms with Crippen LogP contribution in [0, 0.1) is 5.92 Å². The third-order valence-corrected chi connectivity index (χ3v) is 4.03. The Labute approximate surface area is 126 Å². The summed E-state index contributed by atoms with van der Waals surface area (Å²) in [5, 5.41) is 3.59. The van der Waals surface area contributed by atoms with Crippen LogP contribution in [0.15, 0.2) is 22.7 Å². The van der Waals surface area contributed by atoms with Gasteiger partial charge in [0.1, 0.15) is 5.75 Å². The molecule has 0 spiro atoms. The number of nitrogens with one attached hydrogen (secondary N) is 1. The molecule has 0 fully saturated rings. The first kappa shape index (κ1) is 16.5. The van der Waals surface area contributed by atoms with E-state index in [-0.39, 0.29) is 5.54 Å². The summed E-state index contributed by atoms with van der Waals surface area (Å²) >= 11 is 3.63. The quantitative estimate of drug-likeness (QED) is 0.835. The zero-order chi connectivity index (χ0) is 14.5. The lowest BCUT2D eigenvalue weighted by Gasteiger charge is -2.25. The van der Waals surface area contributed by atoms with Gasteiger partial charge in [-0.1, -0.05) is 29.3 Å². The van der Waals surface area contributed by atoms with Gasteiger partial charge in [-0.05, 0) is 63.4 Å². The van der Waals surface area contributed by atoms with Gasteiger partial charge in [0, 0.05) is 10.0 Å². The van der Waals surface area contributed by atoms with Gasteiger partial charge >= 0.3 is 0 Å². The van der Waals surface area contributed by atoms with Crippen molar-refractivity contribution >= 4 is 15.9 Å². The van der Waals surface area contributed by atoms with Crippen LogP contribution >= 0.6 is 15.9 Å². The molecule has 1 atom stereocenters. The Bertz CT molecular complexity index is 398. The average Bonchev–Trinajstić information content (AvgIpc) is 2.35. The van der Waals surface area contributed by atoms with Gasteiger partial charge in [-0.3, -0.25) is 0 Å². The topological polar surface area (TPSA) is 21.3 Å². The zero-order valence-electron chi connectivity index (χ0n) is 12.7. The van der Waals surface area contributed by atoms with Gasteiger partial charge in [0.2, 0.25) is 0 Å². The Morgan fingerprint density at radius 1 is 1.32 bits per heavy atom. The van der Waals surface area contributed by atoms with Crippen LogP contribution in [-0.2, 0) is 6.42 Å². The summed E-state index contributed by atoms with van der Waals surface area (Å²) in [6.45, 7) is 9.93. The molecule has 0 saturated carbocycles. The van der Waals surface area contributed by atoms with Gasteiger partial charge in [0.25, 0.3) is 0 Å². The first-order valence-electron chi connectivity index (χ1n) is 6.93. The minimum atomic E-state index is 0.180. The minimum absolute atomic E-state index is 0.180. The fraction of sp³-hybridized carbons (Fsp3) is 0.625. The van der Waals surface area contributed by atoms with E-state index in [1.54, 1.807) is 7.11 Å². The Morgan fingerprint density at radius 3 is 2.53 bits per heavy atom. The second kappa shape index (κ2) is 7.30. The molecule has 0 radical (unpaired) electrons. The highest BCUT2D eigenvalue weighted by atomic mass is 79.9. The molecule has 1 aromatic rings. The number of halogens is 1. The summed E-state index contributed by atoms with van der Waals surface area (Å²) < 4.78 is 6.47. The van der Waals surface area contributed by atoms with Crippen LogP contribution in [0.3, 0.4) is 0 Å². The Kier molecular flexibility index (Phi) is 6.34. The van der Waals surface area contributed by atoms with Crippen LogP contribution in [0.5, 0.6) is 5.75 Å². The van der Waals surface area contributed by atoms with E-state index < -0.39 is 0 Å². The lowest BCUT2D eigenvalue weighted by molar-refractivity contribution is 0.362. The summed E-state index contributed by atoms with van der Waals surface area (Å²) in [6.07, 6.45) is 2.24. The molecule has 0 amide bonds. The molecule has 0 bridgehead atoms. The summed E-state index contributed by atoms with van der Waals surface area (Å²) in [4.78, 5) is 0. The number of benzene rings is 1. The maximum atomic E-state index is 5.30. The molecule has 0 aliphatic carbocycles. The molecule has 1 rings (SSSR count). The summed E-state index contributed by atoms with van der Waals surface area (Å²) in [5.74, 6) is 1.57. The number of ether oxygens (including phenoxy) is 1. The van der Waals surface area contributed by atoms with E-state index in [1.165, 1.54) is 16.5 Å². The van der Waals surface area contributed by atoms with Crippen molar-refractivity contribution in [3.8, 4) is 5.75 Å². The van der Waals surface area contributed by atoms with E-state index >= 15 is 0 Å². The second-order valence-corrected chi connectivity index (χ2v) is 6.92. The lowest BCUT2D eigenvalue weighted by atomic mass is 9.95. The third kappa shape index (κ3) is 5.96. The second-order valence-electron chi connectivity index (χ2n) is 6.07. The van der Waals surface area contributed by atoms with Crippen LogP contribution in [0.4, 0.5) is 0 Å². The molecule has 0 aliphatic rings. The monoisotopic (exact) mass is 327 g/mol. The largest absolute Gasteiger partial charge is 0.497 e. The predicted octanol–water partition coefficient (Wildman–Crippen LogP) is 4.41. The van der Waals surface area contributed by atoms with Crippen molar-refractivity contribution in [2.75, 3.05) is 13.7 Å². The van der Waals surface area contributed by atoms with E-state index in [1.807, 2.05) is 6.07 Å². The van der Waals surface area contributed by atoms with E-state index in [2.05, 4.69) is 61.1 Å². The predicted molar refractivity (Wildman–Crippen MR) is 85.9 cm³/mol. The molecule has 0 aromatic heterocycles. The summed E-state index contributed by atoms with van der Waals surface area (Å²) in [6, 6.07) is 6.18. The van der Waals surface area contributed by atoms with Crippen molar-refractivity contribution in [2.24, 2.45) is 5.92 Å². The first-order chi connectivity index (χ1) is 8.85. The average molecular weight is 328 g/mol. The number of hydrogen-bond donors (Lipinski definition) is 1. The molecule has 1 N–H and O–H groups in total. The van der Waals surface area contributed by atoms with Gasteiger partial charge < -0.3 is 10.1 Å². The van der Waals surface area contributed by atoms with Crippen molar-refractivity contribution in [3.05, 3.63) is 28.2 Å². The molecule has 1 aromatic carbocycles. The van der Waals surface area contributed by atoms with Crippen molar-refractivity contribution in [1.29, 1.82) is 0 Å². The molecule has 0 aliphatic heterocycles. The fourth-order valence-electron chi connectivity index (χ4n) is 1.96. The van der Waals surface area contributed by atoms with Crippen LogP contribution in [0.2, 0.25) is 0 Å². The highest BCUT2D eigenvalue weighted by Gasteiger charge is 2.15. The molecule has 1 unspecified atom stereocenters. The number of methoxy groups -OCH3 is 1. The van der Waals surface area contributed by atoms with Crippen molar-refractivity contribution in [1.82, 2.24) is 5.32 Å². The van der Waals surface area contributed by atoms with E-state index in [9.17, 15) is 0 Å². The number of rotatable bonds is 6. The summed E-state index contributed by atoms with van der Waals surface area (Å²) in [7, 11) is 1.71. The lowest BCUT2D eigenvalue weighted by Crippen LogP contribution is -2.39. The molecule has 2 nitrogen and oxygen atoms in total. The fourth-order valence-corrected chi connectivity index (χ4v) is 2.37. The number of hydrogen-bond acceptors (Lipinski definition) is 2. The van der Waals surface area contributed by atoms with E-state index in [4.69, 9.17) is 4.74 Å². The standard InChI is InChI=1S/C16H26BrNO/c1-6-12(11-18-16(2,3)4)9-13-10-14(19-5)7-8-15(13)17/h7-8,10,12,18H,6,9,11H2,1-5H3. The van der Waals surface area contributed by atoms with Crippen molar-refractivity contribution in [2.45, 2.75) is 46.1 Å². The van der Waals surface area contributed by atoms with Gasteiger partial charge in [-0.2, -0.15) is 0 Å². The molecule has 0 saturated heterocycles. The molecular formula is C16H26BrNO.